The summed E-state index contributed by atoms with van der Waals surface area (Å²) >= 11 is 0. The summed E-state index contributed by atoms with van der Waals surface area (Å²) in [5.41, 5.74) is 0.477. The number of carbonyl (C=O) groups is 2. The Balaban J connectivity index is 1.57. The lowest BCUT2D eigenvalue weighted by Crippen LogP contribution is -2.56. The summed E-state index contributed by atoms with van der Waals surface area (Å²) in [6.07, 6.45) is 5.95. The van der Waals surface area contributed by atoms with Crippen LogP contribution < -0.4 is 5.32 Å². The van der Waals surface area contributed by atoms with Gasteiger partial charge in [0.15, 0.2) is 0 Å². The molecule has 2 amide bonds. The Bertz CT molecular complexity index is 552. The Morgan fingerprint density at radius 3 is 2.95 bits per heavy atom. The van der Waals surface area contributed by atoms with E-state index in [-0.39, 0.29) is 30.5 Å². The highest BCUT2D eigenvalue weighted by Crippen LogP contribution is 2.28. The van der Waals surface area contributed by atoms with Crippen molar-refractivity contribution in [2.24, 2.45) is 0 Å². The number of nitrogens with one attached hydrogen (secondary N) is 1. The second kappa shape index (κ2) is 6.52. The minimum atomic E-state index is -0.270. The van der Waals surface area contributed by atoms with Crippen molar-refractivity contribution in [2.75, 3.05) is 19.7 Å². The van der Waals surface area contributed by atoms with Crippen LogP contribution in [-0.4, -0.2) is 48.6 Å². The first-order valence-corrected chi connectivity index (χ1v) is 7.90. The highest BCUT2D eigenvalue weighted by Gasteiger charge is 2.36. The zero-order chi connectivity index (χ0) is 15.5. The molecule has 1 aromatic heterocycles. The average Bonchev–Trinajstić information content (AvgIpc) is 2.98. The van der Waals surface area contributed by atoms with Crippen molar-refractivity contribution in [2.45, 2.75) is 44.8 Å². The minimum Gasteiger partial charge on any atom is -0.469 e. The molecular formula is C16H22N2O4. The predicted octanol–water partition coefficient (Wildman–Crippen LogP) is 1.49. The lowest BCUT2D eigenvalue weighted by atomic mass is 9.90. The number of amides is 2. The summed E-state index contributed by atoms with van der Waals surface area (Å²) in [6, 6.07) is 1.78. The van der Waals surface area contributed by atoms with Gasteiger partial charge < -0.3 is 19.4 Å². The molecule has 0 radical (unpaired) electrons. The Hall–Kier alpha value is -1.82. The van der Waals surface area contributed by atoms with E-state index in [2.05, 4.69) is 5.32 Å². The molecule has 0 aromatic carbocycles. The van der Waals surface area contributed by atoms with E-state index in [1.54, 1.807) is 13.0 Å². The standard InChI is InChI=1S/C16H22N2O4/c1-11-12(6-8-21-11)16(20)17-10-15(19)18-7-9-22-14-5-3-2-4-13(14)18/h6,8,13-14H,2-5,7,9-10H2,1H3,(H,17,20). The van der Waals surface area contributed by atoms with Crippen LogP contribution in [0.5, 0.6) is 0 Å². The molecular weight excluding hydrogens is 284 g/mol. The fraction of sp³-hybridized carbons (Fsp3) is 0.625. The van der Waals surface area contributed by atoms with Crippen molar-refractivity contribution >= 4 is 11.8 Å². The summed E-state index contributed by atoms with van der Waals surface area (Å²) < 4.78 is 10.9. The number of carbonyl (C=O) groups excluding carboxylic acids is 2. The predicted molar refractivity (Wildman–Crippen MR) is 79.5 cm³/mol. The highest BCUT2D eigenvalue weighted by atomic mass is 16.5. The molecule has 6 heteroatoms. The number of ether oxygens (including phenoxy) is 1. The molecule has 2 fully saturated rings. The molecule has 2 unspecified atom stereocenters. The molecule has 2 atom stereocenters. The summed E-state index contributed by atoms with van der Waals surface area (Å²) in [5.74, 6) is 0.256. The maximum absolute atomic E-state index is 12.4. The first-order valence-electron chi connectivity index (χ1n) is 7.90. The van der Waals surface area contributed by atoms with Crippen molar-refractivity contribution in [3.05, 3.63) is 23.7 Å². The molecule has 1 saturated carbocycles. The zero-order valence-corrected chi connectivity index (χ0v) is 12.8. The van der Waals surface area contributed by atoms with Gasteiger partial charge in [0.2, 0.25) is 5.91 Å². The number of aryl methyl sites for hydroxylation is 1. The van der Waals surface area contributed by atoms with Gasteiger partial charge in [-0.15, -0.1) is 0 Å². The number of rotatable bonds is 3. The van der Waals surface area contributed by atoms with Crippen molar-refractivity contribution in [1.29, 1.82) is 0 Å². The van der Waals surface area contributed by atoms with Crippen LogP contribution in [0.3, 0.4) is 0 Å². The number of furan rings is 1. The van der Waals surface area contributed by atoms with Gasteiger partial charge in [0.25, 0.3) is 5.91 Å². The lowest BCUT2D eigenvalue weighted by molar-refractivity contribution is -0.148. The van der Waals surface area contributed by atoms with Gasteiger partial charge in [0.1, 0.15) is 5.76 Å². The average molecular weight is 306 g/mol. The van der Waals surface area contributed by atoms with Crippen LogP contribution in [0.1, 0.15) is 41.8 Å². The van der Waals surface area contributed by atoms with E-state index in [4.69, 9.17) is 9.15 Å². The fourth-order valence-electron chi connectivity index (χ4n) is 3.38. The molecule has 0 bridgehead atoms. The monoisotopic (exact) mass is 306 g/mol. The minimum absolute atomic E-state index is 0.0205. The number of hydrogen-bond acceptors (Lipinski definition) is 4. The molecule has 2 aliphatic rings. The zero-order valence-electron chi connectivity index (χ0n) is 12.8. The molecule has 3 rings (SSSR count). The van der Waals surface area contributed by atoms with Crippen LogP contribution in [0, 0.1) is 6.92 Å². The van der Waals surface area contributed by atoms with Crippen molar-refractivity contribution < 1.29 is 18.7 Å². The summed E-state index contributed by atoms with van der Waals surface area (Å²) in [6.45, 7) is 2.94. The van der Waals surface area contributed by atoms with Gasteiger partial charge in [-0.05, 0) is 25.8 Å². The molecule has 22 heavy (non-hydrogen) atoms. The summed E-state index contributed by atoms with van der Waals surface area (Å²) in [4.78, 5) is 26.4. The van der Waals surface area contributed by atoms with Crippen LogP contribution in [-0.2, 0) is 9.53 Å². The smallest absolute Gasteiger partial charge is 0.255 e. The van der Waals surface area contributed by atoms with Crippen molar-refractivity contribution in [1.82, 2.24) is 10.2 Å². The SMILES string of the molecule is Cc1occc1C(=O)NCC(=O)N1CCOC2CCCCC21. The van der Waals surface area contributed by atoms with E-state index < -0.39 is 0 Å². The third-order valence-electron chi connectivity index (χ3n) is 4.56. The Labute approximate surface area is 129 Å². The molecule has 2 heterocycles. The van der Waals surface area contributed by atoms with Gasteiger partial charge in [-0.25, -0.2) is 0 Å². The van der Waals surface area contributed by atoms with E-state index in [1.165, 1.54) is 12.7 Å². The van der Waals surface area contributed by atoms with Gasteiger partial charge in [-0.2, -0.15) is 0 Å². The Kier molecular flexibility index (Phi) is 4.47. The molecule has 6 nitrogen and oxygen atoms in total. The fourth-order valence-corrected chi connectivity index (χ4v) is 3.38. The van der Waals surface area contributed by atoms with Gasteiger partial charge >= 0.3 is 0 Å². The van der Waals surface area contributed by atoms with E-state index in [0.29, 0.717) is 24.5 Å². The van der Waals surface area contributed by atoms with Crippen molar-refractivity contribution in [3.63, 3.8) is 0 Å². The molecule has 1 aromatic rings. The number of nitrogens with zero attached hydrogens (tertiary/aromatic N) is 1. The Morgan fingerprint density at radius 2 is 2.18 bits per heavy atom. The molecule has 1 aliphatic heterocycles. The molecule has 1 saturated heterocycles. The second-order valence-corrected chi connectivity index (χ2v) is 5.92. The first kappa shape index (κ1) is 15.1. The largest absolute Gasteiger partial charge is 0.469 e. The third-order valence-corrected chi connectivity index (χ3v) is 4.56. The quantitative estimate of drug-likeness (QED) is 0.918. The number of hydrogen-bond donors (Lipinski definition) is 1. The van der Waals surface area contributed by atoms with Crippen LogP contribution in [0.25, 0.3) is 0 Å². The third kappa shape index (κ3) is 3.02. The van der Waals surface area contributed by atoms with E-state index in [1.807, 2.05) is 4.90 Å². The maximum atomic E-state index is 12.4. The summed E-state index contributed by atoms with van der Waals surface area (Å²) in [5, 5.41) is 2.69. The molecule has 0 spiro atoms. The van der Waals surface area contributed by atoms with E-state index in [9.17, 15) is 9.59 Å². The maximum Gasteiger partial charge on any atom is 0.255 e. The summed E-state index contributed by atoms with van der Waals surface area (Å²) in [7, 11) is 0. The van der Waals surface area contributed by atoms with Gasteiger partial charge in [-0.3, -0.25) is 9.59 Å². The molecule has 1 N–H and O–H groups in total. The molecule has 120 valence electrons. The van der Waals surface area contributed by atoms with Gasteiger partial charge in [0.05, 0.1) is 37.1 Å². The van der Waals surface area contributed by atoms with Gasteiger partial charge in [0, 0.05) is 6.54 Å². The van der Waals surface area contributed by atoms with Gasteiger partial charge in [-0.1, -0.05) is 12.8 Å². The normalized spacial score (nSPS) is 24.7. The van der Waals surface area contributed by atoms with Crippen LogP contribution in [0.15, 0.2) is 16.7 Å². The Morgan fingerprint density at radius 1 is 1.36 bits per heavy atom. The van der Waals surface area contributed by atoms with Crippen LogP contribution in [0.2, 0.25) is 0 Å². The second-order valence-electron chi connectivity index (χ2n) is 5.92. The van der Waals surface area contributed by atoms with Crippen LogP contribution >= 0.6 is 0 Å². The lowest BCUT2D eigenvalue weighted by Gasteiger charge is -2.43. The molecule has 1 aliphatic carbocycles. The highest BCUT2D eigenvalue weighted by molar-refractivity contribution is 5.97. The van der Waals surface area contributed by atoms with Crippen LogP contribution in [0.4, 0.5) is 0 Å². The van der Waals surface area contributed by atoms with Crippen molar-refractivity contribution in [3.8, 4) is 0 Å². The number of morpholine rings is 1. The van der Waals surface area contributed by atoms with E-state index >= 15 is 0 Å². The van der Waals surface area contributed by atoms with E-state index in [0.717, 1.165) is 19.3 Å². The topological polar surface area (TPSA) is 71.8 Å². The first-order chi connectivity index (χ1) is 10.7. The number of fused-ring (bicyclic) bond motifs is 1.